The summed E-state index contributed by atoms with van der Waals surface area (Å²) in [4.78, 5) is 24.3. The third kappa shape index (κ3) is 7.10. The average molecular weight is 461 g/mol. The molecule has 0 spiro atoms. The molecule has 3 aromatic rings. The van der Waals surface area contributed by atoms with Gasteiger partial charge in [-0.15, -0.1) is 0 Å². The highest BCUT2D eigenvalue weighted by atomic mass is 16.6. The van der Waals surface area contributed by atoms with E-state index in [2.05, 4.69) is 37.4 Å². The van der Waals surface area contributed by atoms with Gasteiger partial charge < -0.3 is 25.8 Å². The van der Waals surface area contributed by atoms with Crippen LogP contribution in [0.25, 0.3) is 0 Å². The zero-order chi connectivity index (χ0) is 24.7. The van der Waals surface area contributed by atoms with E-state index in [4.69, 9.17) is 15.2 Å². The van der Waals surface area contributed by atoms with E-state index in [-0.39, 0.29) is 6.54 Å². The maximum Gasteiger partial charge on any atom is 0.408 e. The zero-order valence-corrected chi connectivity index (χ0v) is 19.9. The van der Waals surface area contributed by atoms with Crippen molar-refractivity contribution in [1.29, 1.82) is 0 Å². The van der Waals surface area contributed by atoms with E-state index in [9.17, 15) is 4.79 Å². The van der Waals surface area contributed by atoms with Crippen molar-refractivity contribution < 1.29 is 14.3 Å². The SMILES string of the molecule is Cc1ccc(Oc2ccc(Nc3ncnc(C#CCNC(=O)OC(C)(C)C)c3N)cc2C)cn1. The number of carbonyl (C=O) groups excluding carboxylic acids is 1. The van der Waals surface area contributed by atoms with Gasteiger partial charge in [-0.05, 0) is 76.4 Å². The number of pyridine rings is 1. The molecule has 0 saturated carbocycles. The van der Waals surface area contributed by atoms with Crippen LogP contribution in [0.5, 0.6) is 11.5 Å². The Hall–Kier alpha value is -4.32. The van der Waals surface area contributed by atoms with Crippen LogP contribution in [-0.2, 0) is 4.74 Å². The molecule has 0 aliphatic carbocycles. The second-order valence-electron chi connectivity index (χ2n) is 8.48. The van der Waals surface area contributed by atoms with Gasteiger partial charge in [0.1, 0.15) is 34.8 Å². The van der Waals surface area contributed by atoms with E-state index in [0.29, 0.717) is 22.9 Å². The molecular weight excluding hydrogens is 432 g/mol. The van der Waals surface area contributed by atoms with Gasteiger partial charge in [-0.25, -0.2) is 14.8 Å². The van der Waals surface area contributed by atoms with E-state index in [1.54, 1.807) is 27.0 Å². The first-order chi connectivity index (χ1) is 16.1. The fourth-order valence-corrected chi connectivity index (χ4v) is 2.77. The van der Waals surface area contributed by atoms with Crippen LogP contribution in [0.15, 0.2) is 42.9 Å². The molecule has 34 heavy (non-hydrogen) atoms. The molecule has 0 bridgehead atoms. The summed E-state index contributed by atoms with van der Waals surface area (Å²) in [5.74, 6) is 7.47. The van der Waals surface area contributed by atoms with Crippen molar-refractivity contribution in [1.82, 2.24) is 20.3 Å². The van der Waals surface area contributed by atoms with Gasteiger partial charge in [0.05, 0.1) is 12.7 Å². The number of carbonyl (C=O) groups is 1. The Morgan fingerprint density at radius 2 is 1.91 bits per heavy atom. The fraction of sp³-hybridized carbons (Fsp3) is 0.280. The molecule has 1 aromatic carbocycles. The molecule has 1 amide bonds. The van der Waals surface area contributed by atoms with Crippen molar-refractivity contribution in [3.05, 3.63) is 59.8 Å². The van der Waals surface area contributed by atoms with Crippen molar-refractivity contribution >= 4 is 23.3 Å². The van der Waals surface area contributed by atoms with Crippen LogP contribution in [0.3, 0.4) is 0 Å². The molecule has 2 heterocycles. The molecule has 0 aliphatic heterocycles. The maximum atomic E-state index is 11.7. The number of aromatic nitrogens is 3. The normalized spacial score (nSPS) is 10.6. The number of amides is 1. The monoisotopic (exact) mass is 460 g/mol. The first-order valence-electron chi connectivity index (χ1n) is 10.6. The molecule has 0 unspecified atom stereocenters. The van der Waals surface area contributed by atoms with E-state index in [0.717, 1.165) is 22.7 Å². The van der Waals surface area contributed by atoms with Gasteiger partial charge in [0, 0.05) is 11.4 Å². The third-order valence-electron chi connectivity index (χ3n) is 4.36. The number of nitrogens with two attached hydrogens (primary N) is 1. The summed E-state index contributed by atoms with van der Waals surface area (Å²) in [7, 11) is 0. The molecular formula is C25H28N6O3. The molecule has 0 saturated heterocycles. The number of nitrogens with one attached hydrogen (secondary N) is 2. The Labute approximate surface area is 199 Å². The summed E-state index contributed by atoms with van der Waals surface area (Å²) in [6.45, 7) is 9.33. The van der Waals surface area contributed by atoms with Crippen molar-refractivity contribution in [3.8, 4) is 23.3 Å². The highest BCUT2D eigenvalue weighted by Gasteiger charge is 2.15. The number of aryl methyl sites for hydroxylation is 2. The molecule has 9 heteroatoms. The van der Waals surface area contributed by atoms with E-state index >= 15 is 0 Å². The van der Waals surface area contributed by atoms with Gasteiger partial charge >= 0.3 is 6.09 Å². The largest absolute Gasteiger partial charge is 0.455 e. The van der Waals surface area contributed by atoms with Gasteiger partial charge in [0.2, 0.25) is 0 Å². The van der Waals surface area contributed by atoms with Crippen molar-refractivity contribution in [2.45, 2.75) is 40.2 Å². The summed E-state index contributed by atoms with van der Waals surface area (Å²) in [5, 5.41) is 5.75. The minimum Gasteiger partial charge on any atom is -0.455 e. The summed E-state index contributed by atoms with van der Waals surface area (Å²) >= 11 is 0. The molecule has 0 radical (unpaired) electrons. The van der Waals surface area contributed by atoms with E-state index in [1.807, 2.05) is 44.2 Å². The smallest absolute Gasteiger partial charge is 0.408 e. The highest BCUT2D eigenvalue weighted by Crippen LogP contribution is 2.29. The lowest BCUT2D eigenvalue weighted by atomic mass is 10.2. The molecule has 0 atom stereocenters. The quantitative estimate of drug-likeness (QED) is 0.476. The van der Waals surface area contributed by atoms with Crippen LogP contribution in [0.2, 0.25) is 0 Å². The van der Waals surface area contributed by atoms with Gasteiger partial charge in [0.15, 0.2) is 5.82 Å². The number of nitrogens with zero attached hydrogens (tertiary/aromatic N) is 3. The molecule has 0 fully saturated rings. The van der Waals surface area contributed by atoms with Crippen LogP contribution in [0, 0.1) is 25.7 Å². The predicted molar refractivity (Wildman–Crippen MR) is 131 cm³/mol. The van der Waals surface area contributed by atoms with Crippen LogP contribution >= 0.6 is 0 Å². The first-order valence-corrected chi connectivity index (χ1v) is 10.6. The molecule has 176 valence electrons. The highest BCUT2D eigenvalue weighted by molar-refractivity contribution is 5.73. The molecule has 2 aromatic heterocycles. The minimum atomic E-state index is -0.574. The lowest BCUT2D eigenvalue weighted by Crippen LogP contribution is -2.32. The average Bonchev–Trinajstić information content (AvgIpc) is 2.76. The lowest BCUT2D eigenvalue weighted by Gasteiger charge is -2.19. The van der Waals surface area contributed by atoms with E-state index < -0.39 is 11.7 Å². The van der Waals surface area contributed by atoms with Gasteiger partial charge in [-0.1, -0.05) is 5.92 Å². The maximum absolute atomic E-state index is 11.7. The van der Waals surface area contributed by atoms with E-state index in [1.165, 1.54) is 6.33 Å². The Balaban J connectivity index is 1.65. The zero-order valence-electron chi connectivity index (χ0n) is 19.9. The number of ether oxygens (including phenoxy) is 2. The number of hydrogen-bond donors (Lipinski definition) is 3. The van der Waals surface area contributed by atoms with Crippen LogP contribution in [0.1, 0.15) is 37.7 Å². The Morgan fingerprint density at radius 3 is 2.59 bits per heavy atom. The number of anilines is 3. The second kappa shape index (κ2) is 10.5. The summed E-state index contributed by atoms with van der Waals surface area (Å²) in [5.41, 5.74) is 8.92. The topological polar surface area (TPSA) is 124 Å². The third-order valence-corrected chi connectivity index (χ3v) is 4.36. The molecule has 3 rings (SSSR count). The van der Waals surface area contributed by atoms with Crippen molar-refractivity contribution in [2.75, 3.05) is 17.6 Å². The van der Waals surface area contributed by atoms with Crippen molar-refractivity contribution in [3.63, 3.8) is 0 Å². The fourth-order valence-electron chi connectivity index (χ4n) is 2.77. The van der Waals surface area contributed by atoms with Crippen LogP contribution in [-0.4, -0.2) is 33.2 Å². The number of benzene rings is 1. The number of alkyl carbamates (subject to hydrolysis) is 1. The van der Waals surface area contributed by atoms with Gasteiger partial charge in [-0.3, -0.25) is 4.98 Å². The summed E-state index contributed by atoms with van der Waals surface area (Å²) < 4.78 is 11.1. The number of nitrogen functional groups attached to an aromatic ring is 1. The minimum absolute atomic E-state index is 0.0955. The second-order valence-corrected chi connectivity index (χ2v) is 8.48. The predicted octanol–water partition coefficient (Wildman–Crippen LogP) is 4.48. The van der Waals surface area contributed by atoms with Crippen LogP contribution < -0.4 is 21.1 Å². The lowest BCUT2D eigenvalue weighted by molar-refractivity contribution is 0.0535. The Kier molecular flexibility index (Phi) is 7.53. The van der Waals surface area contributed by atoms with Crippen LogP contribution in [0.4, 0.5) is 22.0 Å². The Morgan fingerprint density at radius 1 is 1.12 bits per heavy atom. The summed E-state index contributed by atoms with van der Waals surface area (Å²) in [6.07, 6.45) is 2.52. The van der Waals surface area contributed by atoms with Gasteiger partial charge in [-0.2, -0.15) is 0 Å². The number of hydrogen-bond acceptors (Lipinski definition) is 8. The standard InChI is InChI=1S/C25H28N6O3/c1-16-13-18(9-11-21(16)33-19-10-8-17(2)28-14-19)31-23-22(26)20(29-15-30-23)7-6-12-27-24(32)34-25(3,4)5/h8-11,13-15H,12,26H2,1-5H3,(H,27,32)(H,29,30,31). The molecule has 9 nitrogen and oxygen atoms in total. The first kappa shape index (κ1) is 24.3. The molecule has 0 aliphatic rings. The number of rotatable bonds is 5. The molecule has 4 N–H and O–H groups in total. The van der Waals surface area contributed by atoms with Crippen molar-refractivity contribution in [2.24, 2.45) is 0 Å². The Bertz CT molecular complexity index is 1220. The van der Waals surface area contributed by atoms with Gasteiger partial charge in [0.25, 0.3) is 0 Å². The summed E-state index contributed by atoms with van der Waals surface area (Å²) in [6, 6.07) is 9.42.